The molecular formula is C32H32N4O6S. The second-order valence-corrected chi connectivity index (χ2v) is 12.2. The van der Waals surface area contributed by atoms with Gasteiger partial charge in [0.05, 0.1) is 17.5 Å². The van der Waals surface area contributed by atoms with Gasteiger partial charge in [-0.2, -0.15) is 4.98 Å². The van der Waals surface area contributed by atoms with Crippen LogP contribution >= 0.6 is 0 Å². The van der Waals surface area contributed by atoms with Crippen molar-refractivity contribution >= 4 is 26.7 Å². The molecule has 5 aromatic rings. The summed E-state index contributed by atoms with van der Waals surface area (Å²) in [7, 11) is -2.50. The Kier molecular flexibility index (Phi) is 8.63. The van der Waals surface area contributed by atoms with E-state index in [4.69, 9.17) is 18.9 Å². The summed E-state index contributed by atoms with van der Waals surface area (Å²) < 4.78 is 52.3. The summed E-state index contributed by atoms with van der Waals surface area (Å²) in [4.78, 5) is 12.9. The van der Waals surface area contributed by atoms with Gasteiger partial charge in [-0.25, -0.2) is 18.4 Å². The fourth-order valence-corrected chi connectivity index (χ4v) is 5.15. The van der Waals surface area contributed by atoms with E-state index in [-0.39, 0.29) is 41.0 Å². The number of hydrogen-bond acceptors (Lipinski definition) is 9. The molecule has 0 aliphatic heterocycles. The number of para-hydroxylation sites is 1. The second kappa shape index (κ2) is 12.5. The van der Waals surface area contributed by atoms with Gasteiger partial charge in [-0.15, -0.1) is 0 Å². The summed E-state index contributed by atoms with van der Waals surface area (Å²) in [6.45, 7) is 6.39. The Labute approximate surface area is 250 Å². The minimum absolute atomic E-state index is 0.0190. The highest BCUT2D eigenvalue weighted by atomic mass is 32.2. The first-order valence-corrected chi connectivity index (χ1v) is 15.0. The molecule has 0 saturated carbocycles. The van der Waals surface area contributed by atoms with Gasteiger partial charge in [0.25, 0.3) is 15.9 Å². The van der Waals surface area contributed by atoms with Crippen molar-refractivity contribution in [3.05, 3.63) is 96.8 Å². The predicted octanol–water partition coefficient (Wildman–Crippen LogP) is 6.38. The number of anilines is 1. The van der Waals surface area contributed by atoms with Crippen molar-refractivity contribution in [3.8, 4) is 29.0 Å². The van der Waals surface area contributed by atoms with Gasteiger partial charge in [-0.1, -0.05) is 57.2 Å². The number of ether oxygens (including phenoxy) is 4. The molecule has 43 heavy (non-hydrogen) atoms. The molecule has 2 heterocycles. The molecule has 0 bridgehead atoms. The number of nitrogens with zero attached hydrogens (tertiary/aromatic N) is 3. The summed E-state index contributed by atoms with van der Waals surface area (Å²) in [5, 5.41) is 1.01. The van der Waals surface area contributed by atoms with Crippen molar-refractivity contribution in [1.82, 2.24) is 15.0 Å². The van der Waals surface area contributed by atoms with Gasteiger partial charge in [0.1, 0.15) is 31.0 Å². The van der Waals surface area contributed by atoms with E-state index in [2.05, 4.69) is 40.4 Å². The van der Waals surface area contributed by atoms with E-state index < -0.39 is 10.0 Å². The molecule has 10 nitrogen and oxygen atoms in total. The molecule has 0 amide bonds. The van der Waals surface area contributed by atoms with Gasteiger partial charge in [0, 0.05) is 17.5 Å². The molecule has 222 valence electrons. The van der Waals surface area contributed by atoms with Gasteiger partial charge in [0.15, 0.2) is 5.82 Å². The Morgan fingerprint density at radius 3 is 2.33 bits per heavy atom. The number of rotatable bonds is 11. The van der Waals surface area contributed by atoms with Crippen molar-refractivity contribution < 1.29 is 27.4 Å². The molecular weight excluding hydrogens is 568 g/mol. The molecule has 0 aliphatic rings. The minimum atomic E-state index is -4.03. The van der Waals surface area contributed by atoms with E-state index in [1.54, 1.807) is 54.6 Å². The highest BCUT2D eigenvalue weighted by Gasteiger charge is 2.23. The Bertz CT molecular complexity index is 1820. The highest BCUT2D eigenvalue weighted by Crippen LogP contribution is 2.37. The van der Waals surface area contributed by atoms with E-state index in [9.17, 15) is 8.42 Å². The van der Waals surface area contributed by atoms with Crippen LogP contribution in [0, 0.1) is 0 Å². The summed E-state index contributed by atoms with van der Waals surface area (Å²) in [5.41, 5.74) is 1.70. The molecule has 0 fully saturated rings. The minimum Gasteiger partial charge on any atom is -0.497 e. The molecule has 1 N–H and O–H groups in total. The van der Waals surface area contributed by atoms with Gasteiger partial charge in [0.2, 0.25) is 11.6 Å². The van der Waals surface area contributed by atoms with Crippen LogP contribution in [0.5, 0.6) is 29.0 Å². The SMILES string of the molecule is COc1cccc(Oc2c(NS(=O)(=O)c3ccc(C(C)(C)C)cc3)ncnc2OCCOc2ccc3ccccc3n2)c1. The number of hydrogen-bond donors (Lipinski definition) is 1. The largest absolute Gasteiger partial charge is 0.497 e. The lowest BCUT2D eigenvalue weighted by molar-refractivity contribution is 0.203. The first kappa shape index (κ1) is 29.6. The average Bonchev–Trinajstić information content (AvgIpc) is 3.00. The molecule has 2 aromatic heterocycles. The third kappa shape index (κ3) is 7.31. The molecule has 0 unspecified atom stereocenters. The normalized spacial score (nSPS) is 11.6. The van der Waals surface area contributed by atoms with E-state index in [1.807, 2.05) is 30.3 Å². The Hall–Kier alpha value is -4.90. The van der Waals surface area contributed by atoms with Crippen molar-refractivity contribution in [2.75, 3.05) is 25.0 Å². The van der Waals surface area contributed by atoms with Crippen molar-refractivity contribution in [2.45, 2.75) is 31.1 Å². The molecule has 0 spiro atoms. The summed E-state index contributed by atoms with van der Waals surface area (Å²) in [6, 6.07) is 25.0. The molecule has 11 heteroatoms. The number of fused-ring (bicyclic) bond motifs is 1. The van der Waals surface area contributed by atoms with Crippen LogP contribution in [0.1, 0.15) is 26.3 Å². The molecule has 3 aromatic carbocycles. The van der Waals surface area contributed by atoms with Crippen LogP contribution < -0.4 is 23.7 Å². The highest BCUT2D eigenvalue weighted by molar-refractivity contribution is 7.92. The number of benzene rings is 3. The monoisotopic (exact) mass is 600 g/mol. The molecule has 5 rings (SSSR count). The molecule has 0 atom stereocenters. The lowest BCUT2D eigenvalue weighted by Gasteiger charge is -2.19. The van der Waals surface area contributed by atoms with Gasteiger partial charge >= 0.3 is 0 Å². The van der Waals surface area contributed by atoms with Crippen LogP contribution in [0.3, 0.4) is 0 Å². The maximum absolute atomic E-state index is 13.4. The zero-order valence-electron chi connectivity index (χ0n) is 24.3. The second-order valence-electron chi connectivity index (χ2n) is 10.6. The fourth-order valence-electron chi connectivity index (χ4n) is 4.14. The Morgan fingerprint density at radius 2 is 1.56 bits per heavy atom. The number of pyridine rings is 1. The zero-order valence-corrected chi connectivity index (χ0v) is 25.1. The van der Waals surface area contributed by atoms with Crippen molar-refractivity contribution in [3.63, 3.8) is 0 Å². The maximum atomic E-state index is 13.4. The standard InChI is InChI=1S/C32H32N4O6S/c1-32(2,3)23-13-15-26(16-14-23)43(37,38)36-30-29(42-25-10-7-9-24(20-25)39-4)31(34-21-33-30)41-19-18-40-28-17-12-22-8-5-6-11-27(22)35-28/h5-17,20-21H,18-19H2,1-4H3,(H,33,34,36). The fraction of sp³-hybridized carbons (Fsp3) is 0.219. The summed E-state index contributed by atoms with van der Waals surface area (Å²) in [6.07, 6.45) is 1.19. The van der Waals surface area contributed by atoms with E-state index in [0.29, 0.717) is 17.4 Å². The van der Waals surface area contributed by atoms with Crippen LogP contribution in [0.4, 0.5) is 5.82 Å². The Balaban J connectivity index is 1.37. The van der Waals surface area contributed by atoms with Crippen molar-refractivity contribution in [1.29, 1.82) is 0 Å². The third-order valence-electron chi connectivity index (χ3n) is 6.44. The molecule has 0 aliphatic carbocycles. The van der Waals surface area contributed by atoms with Crippen LogP contribution in [0.25, 0.3) is 10.9 Å². The van der Waals surface area contributed by atoms with E-state index in [1.165, 1.54) is 13.4 Å². The van der Waals surface area contributed by atoms with Crippen LogP contribution in [0.15, 0.2) is 96.2 Å². The van der Waals surface area contributed by atoms with Gasteiger partial charge < -0.3 is 18.9 Å². The summed E-state index contributed by atoms with van der Waals surface area (Å²) >= 11 is 0. The first-order valence-electron chi connectivity index (χ1n) is 13.5. The van der Waals surface area contributed by atoms with Gasteiger partial charge in [-0.05, 0) is 47.4 Å². The maximum Gasteiger partial charge on any atom is 0.263 e. The quantitative estimate of drug-likeness (QED) is 0.172. The molecule has 0 saturated heterocycles. The lowest BCUT2D eigenvalue weighted by atomic mass is 9.87. The number of sulfonamides is 1. The van der Waals surface area contributed by atoms with E-state index >= 15 is 0 Å². The third-order valence-corrected chi connectivity index (χ3v) is 7.79. The van der Waals surface area contributed by atoms with Crippen LogP contribution in [-0.4, -0.2) is 43.7 Å². The van der Waals surface area contributed by atoms with Gasteiger partial charge in [-0.3, -0.25) is 4.72 Å². The zero-order chi connectivity index (χ0) is 30.5. The average molecular weight is 601 g/mol. The smallest absolute Gasteiger partial charge is 0.263 e. The predicted molar refractivity (Wildman–Crippen MR) is 164 cm³/mol. The number of nitrogens with one attached hydrogen (secondary N) is 1. The van der Waals surface area contributed by atoms with Crippen molar-refractivity contribution in [2.24, 2.45) is 0 Å². The van der Waals surface area contributed by atoms with E-state index in [0.717, 1.165) is 16.5 Å². The topological polar surface area (TPSA) is 122 Å². The van der Waals surface area contributed by atoms with Crippen LogP contribution in [0.2, 0.25) is 0 Å². The van der Waals surface area contributed by atoms with Crippen LogP contribution in [-0.2, 0) is 15.4 Å². The number of aromatic nitrogens is 3. The lowest BCUT2D eigenvalue weighted by Crippen LogP contribution is -2.17. The Morgan fingerprint density at radius 1 is 0.814 bits per heavy atom. The molecule has 0 radical (unpaired) electrons. The summed E-state index contributed by atoms with van der Waals surface area (Å²) in [5.74, 6) is 1.27. The first-order chi connectivity index (χ1) is 20.6. The number of methoxy groups -OCH3 is 1.